The molecule has 6 nitrogen and oxygen atoms in total. The Balaban J connectivity index is 1.66. The summed E-state index contributed by atoms with van der Waals surface area (Å²) in [6, 6.07) is 12.7. The molecule has 6 heteroatoms. The number of carbonyl (C=O) groups is 1. The van der Waals surface area contributed by atoms with Gasteiger partial charge in [0.2, 0.25) is 0 Å². The van der Waals surface area contributed by atoms with Gasteiger partial charge >= 0.3 is 5.76 Å². The van der Waals surface area contributed by atoms with Crippen LogP contribution in [0, 0.1) is 0 Å². The summed E-state index contributed by atoms with van der Waals surface area (Å²) in [4.78, 5) is 23.8. The highest BCUT2D eigenvalue weighted by molar-refractivity contribution is 5.97. The molecule has 0 atom stereocenters. The molecule has 0 unspecified atom stereocenters. The van der Waals surface area contributed by atoms with Crippen molar-refractivity contribution in [1.82, 2.24) is 9.88 Å². The van der Waals surface area contributed by atoms with Crippen molar-refractivity contribution in [3.8, 4) is 5.75 Å². The second-order valence-electron chi connectivity index (χ2n) is 5.47. The average molecular weight is 326 g/mol. The maximum atomic E-state index is 12.3. The zero-order valence-electron chi connectivity index (χ0n) is 13.5. The van der Waals surface area contributed by atoms with Gasteiger partial charge in [-0.2, -0.15) is 0 Å². The molecule has 1 N–H and O–H groups in total. The zero-order valence-corrected chi connectivity index (χ0v) is 13.5. The van der Waals surface area contributed by atoms with Crippen molar-refractivity contribution >= 4 is 17.0 Å². The Morgan fingerprint density at radius 3 is 2.88 bits per heavy atom. The van der Waals surface area contributed by atoms with Gasteiger partial charge in [-0.15, -0.1) is 0 Å². The normalized spacial score (nSPS) is 10.8. The van der Waals surface area contributed by atoms with Crippen molar-refractivity contribution < 1.29 is 13.9 Å². The molecule has 0 aliphatic heterocycles. The minimum Gasteiger partial charge on any atom is -0.497 e. The van der Waals surface area contributed by atoms with E-state index in [1.54, 1.807) is 32.4 Å². The maximum absolute atomic E-state index is 12.3. The molecular formula is C18H18N2O4. The Bertz CT molecular complexity index is 940. The average Bonchev–Trinajstić information content (AvgIpc) is 2.89. The molecule has 0 bridgehead atoms. The number of nitrogens with one attached hydrogen (secondary N) is 1. The summed E-state index contributed by atoms with van der Waals surface area (Å²) in [5.41, 5.74) is 2.64. The predicted molar refractivity (Wildman–Crippen MR) is 90.5 cm³/mol. The number of nitrogens with zero attached hydrogens (tertiary/aromatic N) is 1. The monoisotopic (exact) mass is 326 g/mol. The summed E-state index contributed by atoms with van der Waals surface area (Å²) in [5, 5.41) is 2.88. The van der Waals surface area contributed by atoms with Crippen molar-refractivity contribution in [1.29, 1.82) is 0 Å². The quantitative estimate of drug-likeness (QED) is 0.779. The summed E-state index contributed by atoms with van der Waals surface area (Å²) in [7, 11) is 3.23. The van der Waals surface area contributed by atoms with E-state index in [1.807, 2.05) is 24.3 Å². The Kier molecular flexibility index (Phi) is 4.37. The number of methoxy groups -OCH3 is 1. The van der Waals surface area contributed by atoms with Gasteiger partial charge in [0.05, 0.1) is 12.6 Å². The third kappa shape index (κ3) is 3.17. The minimum atomic E-state index is -0.444. The summed E-state index contributed by atoms with van der Waals surface area (Å²) in [6.45, 7) is 0.508. The van der Waals surface area contributed by atoms with E-state index in [-0.39, 0.29) is 5.91 Å². The van der Waals surface area contributed by atoms with Crippen molar-refractivity contribution in [2.24, 2.45) is 7.05 Å². The van der Waals surface area contributed by atoms with Gasteiger partial charge in [0.15, 0.2) is 5.58 Å². The first-order valence-corrected chi connectivity index (χ1v) is 7.59. The van der Waals surface area contributed by atoms with E-state index in [2.05, 4.69) is 5.32 Å². The molecule has 0 aliphatic rings. The van der Waals surface area contributed by atoms with Gasteiger partial charge < -0.3 is 14.5 Å². The second-order valence-corrected chi connectivity index (χ2v) is 5.47. The van der Waals surface area contributed by atoms with Crippen LogP contribution in [0.2, 0.25) is 0 Å². The largest absolute Gasteiger partial charge is 0.497 e. The lowest BCUT2D eigenvalue weighted by molar-refractivity contribution is 0.0954. The highest BCUT2D eigenvalue weighted by Gasteiger charge is 2.10. The molecular weight excluding hydrogens is 308 g/mol. The molecule has 0 saturated carbocycles. The van der Waals surface area contributed by atoms with Crippen LogP contribution >= 0.6 is 0 Å². The van der Waals surface area contributed by atoms with Crippen molar-refractivity contribution in [2.75, 3.05) is 13.7 Å². The fourth-order valence-electron chi connectivity index (χ4n) is 2.52. The molecule has 24 heavy (non-hydrogen) atoms. The lowest BCUT2D eigenvalue weighted by Gasteiger charge is -2.07. The second kappa shape index (κ2) is 6.62. The van der Waals surface area contributed by atoms with Crippen LogP contribution in [-0.4, -0.2) is 24.1 Å². The SMILES string of the molecule is COc1cccc(CCNC(=O)c2ccc3oc(=O)n(C)c3c2)c1. The first kappa shape index (κ1) is 15.9. The number of rotatable bonds is 5. The number of benzene rings is 2. The Labute approximate surface area is 138 Å². The van der Waals surface area contributed by atoms with Gasteiger partial charge in [-0.1, -0.05) is 12.1 Å². The molecule has 1 aromatic heterocycles. The highest BCUT2D eigenvalue weighted by Crippen LogP contribution is 2.15. The van der Waals surface area contributed by atoms with Crippen LogP contribution in [-0.2, 0) is 13.5 Å². The Hall–Kier alpha value is -3.02. The molecule has 2 aromatic carbocycles. The van der Waals surface area contributed by atoms with Crippen LogP contribution in [0.4, 0.5) is 0 Å². The van der Waals surface area contributed by atoms with Gasteiger partial charge in [-0.3, -0.25) is 9.36 Å². The number of hydrogen-bond acceptors (Lipinski definition) is 4. The first-order valence-electron chi connectivity index (χ1n) is 7.59. The third-order valence-corrected chi connectivity index (χ3v) is 3.89. The number of aromatic nitrogens is 1. The van der Waals surface area contributed by atoms with Crippen molar-refractivity contribution in [2.45, 2.75) is 6.42 Å². The molecule has 0 spiro atoms. The van der Waals surface area contributed by atoms with Gasteiger partial charge in [-0.05, 0) is 42.3 Å². The van der Waals surface area contributed by atoms with Crippen LogP contribution in [0.5, 0.6) is 5.75 Å². The molecule has 124 valence electrons. The van der Waals surface area contributed by atoms with E-state index in [4.69, 9.17) is 9.15 Å². The van der Waals surface area contributed by atoms with Gasteiger partial charge in [-0.25, -0.2) is 4.79 Å². The maximum Gasteiger partial charge on any atom is 0.419 e. The molecule has 0 fully saturated rings. The topological polar surface area (TPSA) is 73.5 Å². The molecule has 0 saturated heterocycles. The van der Waals surface area contributed by atoms with Gasteiger partial charge in [0, 0.05) is 19.2 Å². The highest BCUT2D eigenvalue weighted by atomic mass is 16.5. The molecule has 3 rings (SSSR count). The molecule has 0 radical (unpaired) electrons. The fourth-order valence-corrected chi connectivity index (χ4v) is 2.52. The number of amides is 1. The lowest BCUT2D eigenvalue weighted by atomic mass is 10.1. The van der Waals surface area contributed by atoms with E-state index in [0.717, 1.165) is 11.3 Å². The standard InChI is InChI=1S/C18H18N2O4/c1-20-15-11-13(6-7-16(15)24-18(20)22)17(21)19-9-8-12-4-3-5-14(10-12)23-2/h3-7,10-11H,8-9H2,1-2H3,(H,19,21). The summed E-state index contributed by atoms with van der Waals surface area (Å²) < 4.78 is 11.6. The third-order valence-electron chi connectivity index (χ3n) is 3.89. The van der Waals surface area contributed by atoms with E-state index in [1.165, 1.54) is 4.57 Å². The molecule has 0 aliphatic carbocycles. The van der Waals surface area contributed by atoms with Crippen LogP contribution in [0.1, 0.15) is 15.9 Å². The van der Waals surface area contributed by atoms with E-state index >= 15 is 0 Å². The Morgan fingerprint density at radius 2 is 2.08 bits per heavy atom. The Morgan fingerprint density at radius 1 is 1.25 bits per heavy atom. The van der Waals surface area contributed by atoms with E-state index in [9.17, 15) is 9.59 Å². The van der Waals surface area contributed by atoms with E-state index in [0.29, 0.717) is 29.6 Å². The summed E-state index contributed by atoms with van der Waals surface area (Å²) >= 11 is 0. The summed E-state index contributed by atoms with van der Waals surface area (Å²) in [6.07, 6.45) is 0.704. The first-order chi connectivity index (χ1) is 11.6. The van der Waals surface area contributed by atoms with Crippen LogP contribution in [0.15, 0.2) is 51.7 Å². The van der Waals surface area contributed by atoms with Crippen molar-refractivity contribution in [3.63, 3.8) is 0 Å². The van der Waals surface area contributed by atoms with Crippen molar-refractivity contribution in [3.05, 3.63) is 64.1 Å². The number of oxazole rings is 1. The predicted octanol–water partition coefficient (Wildman–Crippen LogP) is 2.11. The van der Waals surface area contributed by atoms with E-state index < -0.39 is 5.76 Å². The summed E-state index contributed by atoms with van der Waals surface area (Å²) in [5.74, 6) is 0.166. The fraction of sp³-hybridized carbons (Fsp3) is 0.222. The molecule has 3 aromatic rings. The minimum absolute atomic E-state index is 0.187. The van der Waals surface area contributed by atoms with Crippen LogP contribution in [0.3, 0.4) is 0 Å². The molecule has 1 amide bonds. The van der Waals surface area contributed by atoms with Crippen LogP contribution < -0.4 is 15.8 Å². The number of aryl methyl sites for hydroxylation is 1. The number of carbonyl (C=O) groups excluding carboxylic acids is 1. The smallest absolute Gasteiger partial charge is 0.419 e. The number of ether oxygens (including phenoxy) is 1. The number of hydrogen-bond donors (Lipinski definition) is 1. The molecule has 1 heterocycles. The zero-order chi connectivity index (χ0) is 17.1. The number of fused-ring (bicyclic) bond motifs is 1. The lowest BCUT2D eigenvalue weighted by Crippen LogP contribution is -2.25. The van der Waals surface area contributed by atoms with Gasteiger partial charge in [0.25, 0.3) is 5.91 Å². The van der Waals surface area contributed by atoms with Crippen LogP contribution in [0.25, 0.3) is 11.1 Å². The van der Waals surface area contributed by atoms with Gasteiger partial charge in [0.1, 0.15) is 5.75 Å².